The average Bonchev–Trinajstić information content (AvgIpc) is 3.04. The fourth-order valence-electron chi connectivity index (χ4n) is 2.41. The highest BCUT2D eigenvalue weighted by Crippen LogP contribution is 2.21. The van der Waals surface area contributed by atoms with Crippen LogP contribution in [0.15, 0.2) is 61.1 Å². The van der Waals surface area contributed by atoms with E-state index in [9.17, 15) is 4.79 Å². The zero-order valence-electron chi connectivity index (χ0n) is 14.2. The van der Waals surface area contributed by atoms with Crippen molar-refractivity contribution in [3.8, 4) is 5.75 Å². The van der Waals surface area contributed by atoms with Crippen LogP contribution in [0.3, 0.4) is 0 Å². The minimum Gasteiger partial charge on any atom is -0.484 e. The van der Waals surface area contributed by atoms with Gasteiger partial charge in [0.1, 0.15) is 17.7 Å². The number of hydrogen-bond acceptors (Lipinski definition) is 4. The van der Waals surface area contributed by atoms with Gasteiger partial charge in [0, 0.05) is 18.8 Å². The lowest BCUT2D eigenvalue weighted by Crippen LogP contribution is -2.15. The van der Waals surface area contributed by atoms with Crippen LogP contribution in [0.1, 0.15) is 24.2 Å². The van der Waals surface area contributed by atoms with Gasteiger partial charge >= 0.3 is 0 Å². The molecule has 0 spiro atoms. The van der Waals surface area contributed by atoms with Gasteiger partial charge in [-0.3, -0.25) is 9.48 Å². The second kappa shape index (κ2) is 7.61. The van der Waals surface area contributed by atoms with Gasteiger partial charge in [-0.2, -0.15) is 5.10 Å². The third kappa shape index (κ3) is 4.67. The van der Waals surface area contributed by atoms with E-state index in [1.807, 2.05) is 50.5 Å². The lowest BCUT2D eigenvalue weighted by Gasteiger charge is -2.13. The van der Waals surface area contributed by atoms with Crippen LogP contribution in [0.5, 0.6) is 5.75 Å². The highest BCUT2D eigenvalue weighted by Gasteiger charge is 2.10. The van der Waals surface area contributed by atoms with Crippen molar-refractivity contribution in [1.82, 2.24) is 14.8 Å². The third-order valence-corrected chi connectivity index (χ3v) is 3.72. The molecule has 2 heterocycles. The van der Waals surface area contributed by atoms with Crippen molar-refractivity contribution in [3.05, 3.63) is 72.2 Å². The molecule has 1 unspecified atom stereocenters. The summed E-state index contributed by atoms with van der Waals surface area (Å²) in [7, 11) is 1.87. The van der Waals surface area contributed by atoms with Crippen molar-refractivity contribution in [2.75, 3.05) is 5.32 Å². The number of carbonyl (C=O) groups is 1. The molecule has 0 fully saturated rings. The van der Waals surface area contributed by atoms with Gasteiger partial charge in [0.05, 0.1) is 18.8 Å². The first-order chi connectivity index (χ1) is 12.1. The number of anilines is 1. The first-order valence-electron chi connectivity index (χ1n) is 8.05. The van der Waals surface area contributed by atoms with Gasteiger partial charge in [-0.05, 0) is 24.6 Å². The second-order valence-electron chi connectivity index (χ2n) is 5.80. The van der Waals surface area contributed by atoms with Crippen molar-refractivity contribution in [1.29, 1.82) is 0 Å². The molecule has 0 radical (unpaired) electrons. The number of benzene rings is 1. The Bertz CT molecular complexity index is 828. The number of rotatable bonds is 6. The maximum atomic E-state index is 12.0. The summed E-state index contributed by atoms with van der Waals surface area (Å²) in [6, 6.07) is 13.1. The second-order valence-corrected chi connectivity index (χ2v) is 5.80. The van der Waals surface area contributed by atoms with E-state index < -0.39 is 0 Å². The van der Waals surface area contributed by atoms with Crippen LogP contribution in [0.25, 0.3) is 0 Å². The molecule has 6 nitrogen and oxygen atoms in total. The van der Waals surface area contributed by atoms with Crippen molar-refractivity contribution in [2.45, 2.75) is 19.4 Å². The zero-order chi connectivity index (χ0) is 17.6. The number of nitrogens with one attached hydrogen (secondary N) is 1. The Hall–Kier alpha value is -3.15. The molecule has 0 bridgehead atoms. The molecular weight excluding hydrogens is 316 g/mol. The number of pyridine rings is 1. The molecule has 3 rings (SSSR count). The van der Waals surface area contributed by atoms with Crippen LogP contribution in [0, 0.1) is 0 Å². The van der Waals surface area contributed by atoms with Crippen molar-refractivity contribution < 1.29 is 9.53 Å². The molecule has 0 aliphatic rings. The quantitative estimate of drug-likeness (QED) is 0.751. The normalized spacial score (nSPS) is 11.8. The Morgan fingerprint density at radius 3 is 2.64 bits per heavy atom. The van der Waals surface area contributed by atoms with Crippen molar-refractivity contribution >= 4 is 11.7 Å². The van der Waals surface area contributed by atoms with Crippen molar-refractivity contribution in [3.63, 3.8) is 0 Å². The van der Waals surface area contributed by atoms with Gasteiger partial charge in [0.25, 0.3) is 0 Å². The lowest BCUT2D eigenvalue weighted by molar-refractivity contribution is -0.115. The molecule has 0 aliphatic heterocycles. The molecule has 1 N–H and O–H groups in total. The molecule has 128 valence electrons. The Balaban J connectivity index is 1.55. The summed E-state index contributed by atoms with van der Waals surface area (Å²) >= 11 is 0. The highest BCUT2D eigenvalue weighted by molar-refractivity contribution is 5.91. The predicted octanol–water partition coefficient (Wildman–Crippen LogP) is 3.14. The van der Waals surface area contributed by atoms with E-state index >= 15 is 0 Å². The fraction of sp³-hybridized carbons (Fsp3) is 0.211. The summed E-state index contributed by atoms with van der Waals surface area (Å²) in [4.78, 5) is 16.3. The van der Waals surface area contributed by atoms with Crippen LogP contribution >= 0.6 is 0 Å². The first-order valence-corrected chi connectivity index (χ1v) is 8.05. The minimum absolute atomic E-state index is 0.101. The van der Waals surface area contributed by atoms with E-state index in [0.717, 1.165) is 11.1 Å². The van der Waals surface area contributed by atoms with Gasteiger partial charge in [0.15, 0.2) is 0 Å². The summed E-state index contributed by atoms with van der Waals surface area (Å²) in [6.45, 7) is 1.95. The number of ether oxygens (including phenoxy) is 1. The summed E-state index contributed by atoms with van der Waals surface area (Å²) in [5, 5.41) is 6.92. The minimum atomic E-state index is -0.131. The van der Waals surface area contributed by atoms with Gasteiger partial charge in [0.2, 0.25) is 5.91 Å². The van der Waals surface area contributed by atoms with Gasteiger partial charge in [-0.15, -0.1) is 0 Å². The molecule has 2 aromatic heterocycles. The smallest absolute Gasteiger partial charge is 0.229 e. The zero-order valence-corrected chi connectivity index (χ0v) is 14.2. The van der Waals surface area contributed by atoms with E-state index in [4.69, 9.17) is 4.74 Å². The topological polar surface area (TPSA) is 69.0 Å². The molecule has 1 atom stereocenters. The van der Waals surface area contributed by atoms with E-state index in [0.29, 0.717) is 18.0 Å². The Morgan fingerprint density at radius 1 is 1.20 bits per heavy atom. The maximum Gasteiger partial charge on any atom is 0.229 e. The average molecular weight is 336 g/mol. The van der Waals surface area contributed by atoms with E-state index in [1.54, 1.807) is 29.2 Å². The number of carbonyl (C=O) groups excluding carboxylic acids is 1. The largest absolute Gasteiger partial charge is 0.484 e. The fourth-order valence-corrected chi connectivity index (χ4v) is 2.41. The summed E-state index contributed by atoms with van der Waals surface area (Å²) in [6.07, 6.45) is 5.48. The lowest BCUT2D eigenvalue weighted by atomic mass is 10.1. The van der Waals surface area contributed by atoms with Gasteiger partial charge < -0.3 is 10.1 Å². The van der Waals surface area contributed by atoms with Crippen LogP contribution in [0.4, 0.5) is 5.82 Å². The van der Waals surface area contributed by atoms with Crippen LogP contribution in [0.2, 0.25) is 0 Å². The molecule has 1 aromatic carbocycles. The van der Waals surface area contributed by atoms with E-state index in [1.165, 1.54) is 0 Å². The van der Waals surface area contributed by atoms with Crippen LogP contribution in [-0.4, -0.2) is 20.7 Å². The van der Waals surface area contributed by atoms with Crippen molar-refractivity contribution in [2.24, 2.45) is 7.05 Å². The molecular formula is C19H20N4O2. The third-order valence-electron chi connectivity index (χ3n) is 3.72. The number of nitrogens with zero attached hydrogens (tertiary/aromatic N) is 3. The number of hydrogen-bond donors (Lipinski definition) is 1. The number of aromatic nitrogens is 3. The molecule has 1 amide bonds. The monoisotopic (exact) mass is 336 g/mol. The molecule has 3 aromatic rings. The van der Waals surface area contributed by atoms with Crippen LogP contribution < -0.4 is 10.1 Å². The molecule has 0 saturated heterocycles. The molecule has 6 heteroatoms. The van der Waals surface area contributed by atoms with E-state index in [-0.39, 0.29) is 12.0 Å². The molecule has 0 saturated carbocycles. The Labute approximate surface area is 146 Å². The maximum absolute atomic E-state index is 12.0. The molecule has 0 aliphatic carbocycles. The summed E-state index contributed by atoms with van der Waals surface area (Å²) < 4.78 is 7.58. The number of amides is 1. The standard InChI is InChI=1S/C19H20N4O2/c1-14(16-11-21-23(2)13-16)25-17-8-9-18(20-12-17)22-19(24)10-15-6-4-3-5-7-15/h3-9,11-14H,10H2,1-2H3,(H,20,22,24). The number of aryl methyl sites for hydroxylation is 1. The SMILES string of the molecule is CC(Oc1ccc(NC(=O)Cc2ccccc2)nc1)c1cnn(C)c1. The van der Waals surface area contributed by atoms with Gasteiger partial charge in [-0.25, -0.2) is 4.98 Å². The predicted molar refractivity (Wildman–Crippen MR) is 95.3 cm³/mol. The summed E-state index contributed by atoms with van der Waals surface area (Å²) in [5.74, 6) is 1.04. The summed E-state index contributed by atoms with van der Waals surface area (Å²) in [5.41, 5.74) is 1.95. The highest BCUT2D eigenvalue weighted by atomic mass is 16.5. The molecule has 25 heavy (non-hydrogen) atoms. The Kier molecular flexibility index (Phi) is 5.09. The van der Waals surface area contributed by atoms with Crippen LogP contribution in [-0.2, 0) is 18.3 Å². The Morgan fingerprint density at radius 2 is 2.00 bits per heavy atom. The van der Waals surface area contributed by atoms with E-state index in [2.05, 4.69) is 15.4 Å². The first kappa shape index (κ1) is 16.7. The van der Waals surface area contributed by atoms with Gasteiger partial charge in [-0.1, -0.05) is 30.3 Å².